The minimum atomic E-state index is -4.23. The van der Waals surface area contributed by atoms with Crippen LogP contribution in [0.15, 0.2) is 43.1 Å². The molecule has 1 aliphatic heterocycles. The van der Waals surface area contributed by atoms with Crippen molar-refractivity contribution in [2.75, 3.05) is 13.7 Å². The third-order valence-electron chi connectivity index (χ3n) is 8.85. The van der Waals surface area contributed by atoms with Crippen LogP contribution in [0.5, 0.6) is 11.6 Å². The molecule has 5 rings (SSSR count). The zero-order chi connectivity index (χ0) is 34.5. The van der Waals surface area contributed by atoms with Gasteiger partial charge in [-0.15, -0.1) is 6.58 Å². The number of nitrogens with one attached hydrogen (secondary N) is 3. The molecule has 0 spiro atoms. The molecule has 1 aromatic carbocycles. The van der Waals surface area contributed by atoms with Crippen molar-refractivity contribution in [1.29, 1.82) is 0 Å². The maximum atomic E-state index is 14.0. The van der Waals surface area contributed by atoms with Crippen LogP contribution in [0.25, 0.3) is 10.8 Å². The highest BCUT2D eigenvalue weighted by molar-refractivity contribution is 7.93. The monoisotopic (exact) mass is 691 g/mol. The number of nitrogens with zero attached hydrogens (tertiary/aromatic N) is 2. The number of rotatable bonds is 11. The van der Waals surface area contributed by atoms with Crippen molar-refractivity contribution in [2.24, 2.45) is 11.3 Å². The molecule has 3 fully saturated rings. The number of methoxy groups -OCH3 is 1. The van der Waals surface area contributed by atoms with Crippen molar-refractivity contribution in [1.82, 2.24) is 25.2 Å². The molecule has 2 aromatic rings. The lowest BCUT2D eigenvalue weighted by molar-refractivity contribution is -0.142. The van der Waals surface area contributed by atoms with E-state index in [1.54, 1.807) is 52.3 Å². The summed E-state index contributed by atoms with van der Waals surface area (Å²) in [4.78, 5) is 58.7. The number of hydrogen-bond acceptors (Lipinski definition) is 9. The Morgan fingerprint density at radius 3 is 2.49 bits per heavy atom. The van der Waals surface area contributed by atoms with E-state index in [1.807, 2.05) is 10.8 Å². The number of ether oxygens (including phenoxy) is 2. The molecule has 14 nitrogen and oxygen atoms in total. The molecule has 2 aliphatic carbocycles. The van der Waals surface area contributed by atoms with E-state index >= 15 is 0 Å². The zero-order valence-corrected chi connectivity index (χ0v) is 28.0. The molecule has 16 heteroatoms. The highest BCUT2D eigenvalue weighted by Gasteiger charge is 2.63. The fraction of sp³-hybridized carbons (Fsp3) is 0.516. The lowest BCUT2D eigenvalue weighted by Gasteiger charge is -2.35. The molecule has 3 aliphatic rings. The highest BCUT2D eigenvalue weighted by atomic mass is 35.5. The van der Waals surface area contributed by atoms with Crippen molar-refractivity contribution in [3.05, 3.63) is 43.1 Å². The zero-order valence-electron chi connectivity index (χ0n) is 26.4. The number of carbonyl (C=O) groups excluding carboxylic acids is 3. The standard InChI is InChI=1S/C31H38ClN5O9S/c1-6-18-15-31(18,27(40)36-47(43,44)30(32)10-11-30)35-24(38)22-14-20(16-37(22)26(39)23(29(2,3)4)34-28(41)42)46-25-21-8-7-19(45-5)13-17(21)9-12-33-25/h6-9,12-13,18,20,22-23,34H,1,10-11,14-16H2,2-5H3,(H,35,38)(H,36,40)(H,41,42). The average molecular weight is 692 g/mol. The summed E-state index contributed by atoms with van der Waals surface area (Å²) in [6.45, 7) is 8.65. The second kappa shape index (κ2) is 12.2. The van der Waals surface area contributed by atoms with Crippen LogP contribution < -0.4 is 24.8 Å². The topological polar surface area (TPSA) is 193 Å². The fourth-order valence-corrected chi connectivity index (χ4v) is 7.29. The van der Waals surface area contributed by atoms with Crippen molar-refractivity contribution < 1.29 is 42.2 Å². The first-order chi connectivity index (χ1) is 21.9. The summed E-state index contributed by atoms with van der Waals surface area (Å²) in [6, 6.07) is 4.66. The Bertz CT molecular complexity index is 1740. The summed E-state index contributed by atoms with van der Waals surface area (Å²) >= 11 is 6.09. The second-order valence-corrected chi connectivity index (χ2v) is 16.2. The first kappa shape index (κ1) is 34.2. The van der Waals surface area contributed by atoms with E-state index in [9.17, 15) is 32.7 Å². The van der Waals surface area contributed by atoms with Gasteiger partial charge in [0.2, 0.25) is 17.7 Å². The number of alkyl halides is 1. The molecule has 4 amide bonds. The molecule has 2 heterocycles. The average Bonchev–Trinajstić information content (AvgIpc) is 3.89. The van der Waals surface area contributed by atoms with E-state index in [0.717, 1.165) is 5.39 Å². The smallest absolute Gasteiger partial charge is 0.405 e. The van der Waals surface area contributed by atoms with Crippen molar-refractivity contribution in [2.45, 2.75) is 74.4 Å². The summed E-state index contributed by atoms with van der Waals surface area (Å²) in [7, 11) is -2.68. The summed E-state index contributed by atoms with van der Waals surface area (Å²) in [5.41, 5.74) is -2.52. The van der Waals surface area contributed by atoms with Gasteiger partial charge < -0.3 is 30.1 Å². The largest absolute Gasteiger partial charge is 0.497 e. The normalized spacial score (nSPS) is 25.3. The number of hydrogen-bond donors (Lipinski definition) is 4. The Hall–Kier alpha value is -4.11. The lowest BCUT2D eigenvalue weighted by Crippen LogP contribution is -2.60. The van der Waals surface area contributed by atoms with Crippen LogP contribution in [-0.4, -0.2) is 88.8 Å². The number of aromatic nitrogens is 1. The Morgan fingerprint density at radius 2 is 1.91 bits per heavy atom. The first-order valence-electron chi connectivity index (χ1n) is 15.0. The number of benzene rings is 1. The van der Waals surface area contributed by atoms with Crippen LogP contribution in [0.1, 0.15) is 46.5 Å². The van der Waals surface area contributed by atoms with Gasteiger partial charge in [0.25, 0.3) is 15.9 Å². The number of fused-ring (bicyclic) bond motifs is 1. The molecule has 5 unspecified atom stereocenters. The molecule has 5 atom stereocenters. The van der Waals surface area contributed by atoms with Gasteiger partial charge in [-0.1, -0.05) is 38.4 Å². The lowest BCUT2D eigenvalue weighted by atomic mass is 9.85. The molecule has 1 aromatic heterocycles. The molecule has 254 valence electrons. The predicted octanol–water partition coefficient (Wildman–Crippen LogP) is 2.51. The minimum Gasteiger partial charge on any atom is -0.497 e. The van der Waals surface area contributed by atoms with E-state index in [0.29, 0.717) is 11.1 Å². The molecule has 0 radical (unpaired) electrons. The quantitative estimate of drug-likeness (QED) is 0.201. The van der Waals surface area contributed by atoms with Crippen LogP contribution >= 0.6 is 11.6 Å². The molecule has 47 heavy (non-hydrogen) atoms. The van der Waals surface area contributed by atoms with Crippen LogP contribution in [0.2, 0.25) is 0 Å². The first-order valence-corrected chi connectivity index (χ1v) is 16.9. The van der Waals surface area contributed by atoms with E-state index in [2.05, 4.69) is 22.2 Å². The van der Waals surface area contributed by atoms with Gasteiger partial charge in [0.15, 0.2) is 4.21 Å². The number of carbonyl (C=O) groups is 4. The van der Waals surface area contributed by atoms with Crippen LogP contribution in [0.3, 0.4) is 0 Å². The van der Waals surface area contributed by atoms with E-state index in [1.165, 1.54) is 11.0 Å². The van der Waals surface area contributed by atoms with Crippen molar-refractivity contribution >= 4 is 56.2 Å². The van der Waals surface area contributed by atoms with Gasteiger partial charge in [0, 0.05) is 23.9 Å². The number of likely N-dealkylation sites (tertiary alicyclic amines) is 1. The van der Waals surface area contributed by atoms with Gasteiger partial charge in [0.1, 0.15) is 29.5 Å². The molecule has 1 saturated heterocycles. The second-order valence-electron chi connectivity index (χ2n) is 13.3. The number of carboxylic acid groups (broad SMARTS) is 1. The van der Waals surface area contributed by atoms with E-state index < -0.39 is 73.1 Å². The Labute approximate surface area is 277 Å². The van der Waals surface area contributed by atoms with E-state index in [-0.39, 0.29) is 38.1 Å². The number of amides is 4. The van der Waals surface area contributed by atoms with Crippen LogP contribution in [-0.2, 0) is 24.4 Å². The van der Waals surface area contributed by atoms with Crippen LogP contribution in [0, 0.1) is 11.3 Å². The van der Waals surface area contributed by atoms with Gasteiger partial charge in [-0.25, -0.2) is 22.9 Å². The molecule has 4 N–H and O–H groups in total. The molecule has 0 bridgehead atoms. The van der Waals surface area contributed by atoms with Gasteiger partial charge in [-0.05, 0) is 54.3 Å². The van der Waals surface area contributed by atoms with E-state index in [4.69, 9.17) is 21.1 Å². The Balaban J connectivity index is 1.44. The molecular formula is C31H38ClN5O9S. The summed E-state index contributed by atoms with van der Waals surface area (Å²) in [5.74, 6) is -2.07. The van der Waals surface area contributed by atoms with Crippen molar-refractivity contribution in [3.8, 4) is 11.6 Å². The number of sulfonamides is 1. The highest BCUT2D eigenvalue weighted by Crippen LogP contribution is 2.49. The number of halogens is 1. The van der Waals surface area contributed by atoms with Gasteiger partial charge in [-0.2, -0.15) is 0 Å². The maximum Gasteiger partial charge on any atom is 0.405 e. The number of pyridine rings is 1. The summed E-state index contributed by atoms with van der Waals surface area (Å²) < 4.78 is 37.5. The molecule has 2 saturated carbocycles. The fourth-order valence-electron chi connectivity index (χ4n) is 5.83. The van der Waals surface area contributed by atoms with Crippen molar-refractivity contribution in [3.63, 3.8) is 0 Å². The summed E-state index contributed by atoms with van der Waals surface area (Å²) in [5, 5.41) is 15.9. The van der Waals surface area contributed by atoms with Gasteiger partial charge >= 0.3 is 6.09 Å². The Morgan fingerprint density at radius 1 is 1.21 bits per heavy atom. The third kappa shape index (κ3) is 6.68. The minimum absolute atomic E-state index is 0.0325. The summed E-state index contributed by atoms with van der Waals surface area (Å²) in [6.07, 6.45) is 1.22. The molecular weight excluding hydrogens is 654 g/mol. The predicted molar refractivity (Wildman–Crippen MR) is 171 cm³/mol. The third-order valence-corrected chi connectivity index (χ3v) is 11.7. The van der Waals surface area contributed by atoms with Crippen LogP contribution in [0.4, 0.5) is 4.79 Å². The maximum absolute atomic E-state index is 14.0. The van der Waals surface area contributed by atoms with Gasteiger partial charge in [0.05, 0.1) is 13.7 Å². The van der Waals surface area contributed by atoms with Gasteiger partial charge in [-0.3, -0.25) is 14.4 Å². The Kier molecular flexibility index (Phi) is 8.86. The SMILES string of the molecule is C=CC1CC1(NC(=O)C1CC(Oc2nccc3cc(OC)ccc23)CN1C(=O)C(NC(=O)O)C(C)(C)C)C(=O)NS(=O)(=O)C1(Cl)CC1.